The second-order valence-corrected chi connectivity index (χ2v) is 2.92. The quantitative estimate of drug-likeness (QED) is 0.517. The molecular weight excluding hydrogens is 172 g/mol. The number of alkyl halides is 1. The Morgan fingerprint density at radius 3 is 2.25 bits per heavy atom. The summed E-state index contributed by atoms with van der Waals surface area (Å²) in [6.07, 6.45) is 2.36. The van der Waals surface area contributed by atoms with Gasteiger partial charge in [0.25, 0.3) is 0 Å². The average molecular weight is 183 g/mol. The average Bonchev–Trinajstić information content (AvgIpc) is 2.15. The van der Waals surface area contributed by atoms with Gasteiger partial charge in [0.2, 0.25) is 0 Å². The second-order valence-electron chi connectivity index (χ2n) is 2.66. The van der Waals surface area contributed by atoms with Crippen LogP contribution in [0.5, 0.6) is 0 Å². The Balaban J connectivity index is 2.58. The SMILES string of the molecule is O=CCCc1ccc(CCl)cc1. The van der Waals surface area contributed by atoms with Crippen molar-refractivity contribution in [3.05, 3.63) is 35.4 Å². The summed E-state index contributed by atoms with van der Waals surface area (Å²) in [5, 5.41) is 0. The van der Waals surface area contributed by atoms with Crippen molar-refractivity contribution in [1.29, 1.82) is 0 Å². The Kier molecular flexibility index (Phi) is 3.81. The molecule has 0 aliphatic heterocycles. The number of aryl methyl sites for hydroxylation is 1. The number of rotatable bonds is 4. The highest BCUT2D eigenvalue weighted by Gasteiger charge is 1.92. The van der Waals surface area contributed by atoms with Gasteiger partial charge in [0.15, 0.2) is 0 Å². The predicted molar refractivity (Wildman–Crippen MR) is 50.4 cm³/mol. The van der Waals surface area contributed by atoms with Gasteiger partial charge in [-0.05, 0) is 17.5 Å². The lowest BCUT2D eigenvalue weighted by molar-refractivity contribution is -0.107. The zero-order valence-electron chi connectivity index (χ0n) is 6.79. The molecular formula is C10H11ClO. The molecule has 0 saturated heterocycles. The highest BCUT2D eigenvalue weighted by atomic mass is 35.5. The first-order valence-corrected chi connectivity index (χ1v) is 4.47. The minimum Gasteiger partial charge on any atom is -0.303 e. The summed E-state index contributed by atoms with van der Waals surface area (Å²) in [7, 11) is 0. The number of benzene rings is 1. The Hall–Kier alpha value is -0.820. The lowest BCUT2D eigenvalue weighted by atomic mass is 10.1. The molecule has 64 valence electrons. The van der Waals surface area contributed by atoms with E-state index in [1.165, 1.54) is 5.56 Å². The lowest BCUT2D eigenvalue weighted by Gasteiger charge is -1.98. The molecule has 0 aromatic heterocycles. The Bertz CT molecular complexity index is 241. The first kappa shape index (κ1) is 9.27. The zero-order chi connectivity index (χ0) is 8.81. The fraction of sp³-hybridized carbons (Fsp3) is 0.300. The van der Waals surface area contributed by atoms with Crippen molar-refractivity contribution < 1.29 is 4.79 Å². The molecule has 0 aliphatic rings. The fourth-order valence-corrected chi connectivity index (χ4v) is 1.20. The van der Waals surface area contributed by atoms with Gasteiger partial charge < -0.3 is 4.79 Å². The Labute approximate surface area is 77.4 Å². The molecule has 0 spiro atoms. The van der Waals surface area contributed by atoms with E-state index in [0.717, 1.165) is 18.3 Å². The number of carbonyl (C=O) groups is 1. The van der Waals surface area contributed by atoms with E-state index in [0.29, 0.717) is 12.3 Å². The number of aldehydes is 1. The molecule has 0 heterocycles. The van der Waals surface area contributed by atoms with Crippen LogP contribution in [-0.2, 0) is 17.1 Å². The molecule has 1 aromatic carbocycles. The third kappa shape index (κ3) is 2.67. The molecule has 0 atom stereocenters. The van der Waals surface area contributed by atoms with Crippen LogP contribution in [0.2, 0.25) is 0 Å². The molecule has 0 radical (unpaired) electrons. The van der Waals surface area contributed by atoms with Crippen molar-refractivity contribution >= 4 is 17.9 Å². The van der Waals surface area contributed by atoms with E-state index in [-0.39, 0.29) is 0 Å². The Morgan fingerprint density at radius 2 is 1.75 bits per heavy atom. The molecule has 0 amide bonds. The van der Waals surface area contributed by atoms with Crippen molar-refractivity contribution in [2.75, 3.05) is 0 Å². The van der Waals surface area contributed by atoms with Gasteiger partial charge in [0.1, 0.15) is 6.29 Å². The van der Waals surface area contributed by atoms with Gasteiger partial charge in [-0.3, -0.25) is 0 Å². The smallest absolute Gasteiger partial charge is 0.120 e. The van der Waals surface area contributed by atoms with Crippen LogP contribution in [0.15, 0.2) is 24.3 Å². The van der Waals surface area contributed by atoms with Gasteiger partial charge in [-0.25, -0.2) is 0 Å². The highest BCUT2D eigenvalue weighted by Crippen LogP contribution is 2.07. The molecule has 0 N–H and O–H groups in total. The van der Waals surface area contributed by atoms with Crippen molar-refractivity contribution in [2.24, 2.45) is 0 Å². The summed E-state index contributed by atoms with van der Waals surface area (Å²) in [6.45, 7) is 0. The summed E-state index contributed by atoms with van der Waals surface area (Å²) in [6, 6.07) is 8.02. The first-order chi connectivity index (χ1) is 5.86. The normalized spacial score (nSPS) is 9.75. The maximum Gasteiger partial charge on any atom is 0.120 e. The minimum atomic E-state index is 0.550. The van der Waals surface area contributed by atoms with Gasteiger partial charge in [0, 0.05) is 12.3 Å². The summed E-state index contributed by atoms with van der Waals surface area (Å²) in [5.41, 5.74) is 2.31. The van der Waals surface area contributed by atoms with E-state index < -0.39 is 0 Å². The van der Waals surface area contributed by atoms with Crippen LogP contribution in [0.4, 0.5) is 0 Å². The molecule has 0 unspecified atom stereocenters. The maximum atomic E-state index is 10.1. The van der Waals surface area contributed by atoms with Crippen molar-refractivity contribution in [1.82, 2.24) is 0 Å². The highest BCUT2D eigenvalue weighted by molar-refractivity contribution is 6.17. The first-order valence-electron chi connectivity index (χ1n) is 3.94. The monoisotopic (exact) mass is 182 g/mol. The summed E-state index contributed by atoms with van der Waals surface area (Å²) in [5.74, 6) is 0.550. The van der Waals surface area contributed by atoms with Crippen LogP contribution in [-0.4, -0.2) is 6.29 Å². The van der Waals surface area contributed by atoms with Gasteiger partial charge in [-0.2, -0.15) is 0 Å². The van der Waals surface area contributed by atoms with Crippen LogP contribution in [0.3, 0.4) is 0 Å². The largest absolute Gasteiger partial charge is 0.303 e. The van der Waals surface area contributed by atoms with Crippen LogP contribution in [0.1, 0.15) is 17.5 Å². The predicted octanol–water partition coefficient (Wildman–Crippen LogP) is 2.56. The summed E-state index contributed by atoms with van der Waals surface area (Å²) >= 11 is 5.63. The topological polar surface area (TPSA) is 17.1 Å². The van der Waals surface area contributed by atoms with Crippen molar-refractivity contribution in [3.8, 4) is 0 Å². The molecule has 12 heavy (non-hydrogen) atoms. The third-order valence-electron chi connectivity index (χ3n) is 1.73. The Morgan fingerprint density at radius 1 is 1.17 bits per heavy atom. The van der Waals surface area contributed by atoms with E-state index in [1.807, 2.05) is 24.3 Å². The van der Waals surface area contributed by atoms with E-state index in [4.69, 9.17) is 11.6 Å². The van der Waals surface area contributed by atoms with Gasteiger partial charge in [-0.15, -0.1) is 11.6 Å². The molecule has 2 heteroatoms. The van der Waals surface area contributed by atoms with Gasteiger partial charge in [-0.1, -0.05) is 24.3 Å². The van der Waals surface area contributed by atoms with Crippen LogP contribution < -0.4 is 0 Å². The zero-order valence-corrected chi connectivity index (χ0v) is 7.55. The van der Waals surface area contributed by atoms with E-state index in [1.54, 1.807) is 0 Å². The molecule has 0 saturated carbocycles. The molecule has 1 aromatic rings. The maximum absolute atomic E-state index is 10.1. The number of carbonyl (C=O) groups excluding carboxylic acids is 1. The minimum absolute atomic E-state index is 0.550. The van der Waals surface area contributed by atoms with Crippen LogP contribution in [0.25, 0.3) is 0 Å². The molecule has 1 rings (SSSR count). The molecule has 0 aliphatic carbocycles. The van der Waals surface area contributed by atoms with Crippen molar-refractivity contribution in [3.63, 3.8) is 0 Å². The third-order valence-corrected chi connectivity index (χ3v) is 2.04. The number of hydrogen-bond donors (Lipinski definition) is 0. The molecule has 1 nitrogen and oxygen atoms in total. The van der Waals surface area contributed by atoms with Crippen molar-refractivity contribution in [2.45, 2.75) is 18.7 Å². The summed E-state index contributed by atoms with van der Waals surface area (Å²) in [4.78, 5) is 10.1. The standard InChI is InChI=1S/C10H11ClO/c11-8-10-5-3-9(4-6-10)2-1-7-12/h3-7H,1-2,8H2. The van der Waals surface area contributed by atoms with Crippen LogP contribution >= 0.6 is 11.6 Å². The second kappa shape index (κ2) is 4.94. The van der Waals surface area contributed by atoms with Gasteiger partial charge >= 0.3 is 0 Å². The molecule has 0 fully saturated rings. The summed E-state index contributed by atoms with van der Waals surface area (Å²) < 4.78 is 0. The fourth-order valence-electron chi connectivity index (χ4n) is 1.02. The van der Waals surface area contributed by atoms with E-state index in [2.05, 4.69) is 0 Å². The number of halogens is 1. The number of hydrogen-bond acceptors (Lipinski definition) is 1. The van der Waals surface area contributed by atoms with E-state index >= 15 is 0 Å². The van der Waals surface area contributed by atoms with Crippen LogP contribution in [0, 0.1) is 0 Å². The van der Waals surface area contributed by atoms with E-state index in [9.17, 15) is 4.79 Å². The lowest BCUT2D eigenvalue weighted by Crippen LogP contribution is -1.86. The molecule has 0 bridgehead atoms. The van der Waals surface area contributed by atoms with Gasteiger partial charge in [0.05, 0.1) is 0 Å².